The number of carbonyl (C=O) groups is 1. The highest BCUT2D eigenvalue weighted by Crippen LogP contribution is 2.37. The van der Waals surface area contributed by atoms with Gasteiger partial charge >= 0.3 is 5.97 Å². The van der Waals surface area contributed by atoms with E-state index in [0.717, 1.165) is 25.7 Å². The molecule has 0 bridgehead atoms. The maximum atomic E-state index is 11.8. The molecule has 1 aliphatic rings. The van der Waals surface area contributed by atoms with Crippen molar-refractivity contribution in [2.24, 2.45) is 5.41 Å². The molecule has 21 heavy (non-hydrogen) atoms. The molecule has 7 heteroatoms. The van der Waals surface area contributed by atoms with Gasteiger partial charge in [0.1, 0.15) is 0 Å². The van der Waals surface area contributed by atoms with Gasteiger partial charge < -0.3 is 9.84 Å². The first-order valence-corrected chi connectivity index (χ1v) is 7.74. The number of hydrogen-bond acceptors (Lipinski definition) is 5. The van der Waals surface area contributed by atoms with E-state index in [2.05, 4.69) is 15.5 Å². The first kappa shape index (κ1) is 15.9. The third-order valence-electron chi connectivity index (χ3n) is 4.25. The van der Waals surface area contributed by atoms with Gasteiger partial charge in [0.15, 0.2) is 5.82 Å². The quantitative estimate of drug-likeness (QED) is 0.608. The number of carboxylic acids is 1. The van der Waals surface area contributed by atoms with Crippen molar-refractivity contribution in [3.8, 4) is 0 Å². The molecule has 1 aromatic rings. The molecular formula is C14H24N4O3. The molecule has 0 saturated heterocycles. The van der Waals surface area contributed by atoms with E-state index in [-0.39, 0.29) is 0 Å². The zero-order valence-electron chi connectivity index (χ0n) is 12.6. The van der Waals surface area contributed by atoms with Crippen LogP contribution in [0.25, 0.3) is 0 Å². The predicted octanol–water partition coefficient (Wildman–Crippen LogP) is 1.68. The van der Waals surface area contributed by atoms with Gasteiger partial charge in [-0.25, -0.2) is 4.68 Å². The van der Waals surface area contributed by atoms with E-state index >= 15 is 0 Å². The van der Waals surface area contributed by atoms with Crippen molar-refractivity contribution >= 4 is 5.97 Å². The van der Waals surface area contributed by atoms with E-state index in [1.165, 1.54) is 0 Å². The Morgan fingerprint density at radius 1 is 1.33 bits per heavy atom. The van der Waals surface area contributed by atoms with E-state index in [9.17, 15) is 9.90 Å². The summed E-state index contributed by atoms with van der Waals surface area (Å²) in [5.74, 6) is -0.0241. The molecule has 0 amide bonds. The molecule has 0 atom stereocenters. The summed E-state index contributed by atoms with van der Waals surface area (Å²) in [7, 11) is 0. The molecule has 0 radical (unpaired) electrons. The number of nitrogens with zero attached hydrogens (tertiary/aromatic N) is 4. The van der Waals surface area contributed by atoms with Crippen LogP contribution in [0, 0.1) is 5.41 Å². The Kier molecular flexibility index (Phi) is 5.67. The molecule has 1 saturated carbocycles. The van der Waals surface area contributed by atoms with Crippen LogP contribution in [-0.4, -0.2) is 44.5 Å². The van der Waals surface area contributed by atoms with Crippen LogP contribution in [0.2, 0.25) is 0 Å². The predicted molar refractivity (Wildman–Crippen MR) is 75.8 cm³/mol. The normalized spacial score (nSPS) is 18.3. The van der Waals surface area contributed by atoms with E-state index < -0.39 is 11.4 Å². The molecular weight excluding hydrogens is 272 g/mol. The topological polar surface area (TPSA) is 90.1 Å². The zero-order chi connectivity index (χ0) is 15.1. The monoisotopic (exact) mass is 296 g/mol. The average Bonchev–Trinajstić information content (AvgIpc) is 2.74. The van der Waals surface area contributed by atoms with Crippen LogP contribution in [-0.2, 0) is 22.5 Å². The molecule has 1 N–H and O–H groups in total. The van der Waals surface area contributed by atoms with Crippen molar-refractivity contribution in [3.63, 3.8) is 0 Å². The van der Waals surface area contributed by atoms with Crippen molar-refractivity contribution in [2.75, 3.05) is 13.2 Å². The minimum absolute atomic E-state index is 0.358. The van der Waals surface area contributed by atoms with Gasteiger partial charge in [-0.15, -0.1) is 5.10 Å². The second-order valence-electron chi connectivity index (χ2n) is 5.70. The molecule has 0 unspecified atom stereocenters. The summed E-state index contributed by atoms with van der Waals surface area (Å²) in [5, 5.41) is 21.4. The van der Waals surface area contributed by atoms with E-state index in [4.69, 9.17) is 4.74 Å². The Morgan fingerprint density at radius 2 is 2.05 bits per heavy atom. The molecule has 2 rings (SSSR count). The second kappa shape index (κ2) is 7.49. The van der Waals surface area contributed by atoms with Gasteiger partial charge in [0, 0.05) is 13.0 Å². The number of hydrogen-bond donors (Lipinski definition) is 1. The number of ether oxygens (including phenoxy) is 1. The molecule has 0 aromatic carbocycles. The minimum atomic E-state index is -0.730. The Hall–Kier alpha value is -1.50. The van der Waals surface area contributed by atoms with Gasteiger partial charge in [-0.2, -0.15) is 0 Å². The van der Waals surface area contributed by atoms with Crippen molar-refractivity contribution in [2.45, 2.75) is 58.4 Å². The van der Waals surface area contributed by atoms with Crippen LogP contribution in [0.5, 0.6) is 0 Å². The van der Waals surface area contributed by atoms with Crippen molar-refractivity contribution < 1.29 is 14.6 Å². The van der Waals surface area contributed by atoms with E-state index in [1.54, 1.807) is 4.68 Å². The molecule has 7 nitrogen and oxygen atoms in total. The maximum absolute atomic E-state index is 11.8. The fraction of sp³-hybridized carbons (Fsp3) is 0.857. The fourth-order valence-electron chi connectivity index (χ4n) is 2.96. The summed E-state index contributed by atoms with van der Waals surface area (Å²) < 4.78 is 6.97. The Balaban J connectivity index is 2.10. The largest absolute Gasteiger partial charge is 0.481 e. The molecule has 1 aromatic heterocycles. The molecule has 1 heterocycles. The molecule has 0 aliphatic heterocycles. The number of tetrazole rings is 1. The first-order chi connectivity index (χ1) is 10.2. The number of rotatable bonds is 7. The first-order valence-electron chi connectivity index (χ1n) is 7.74. The van der Waals surface area contributed by atoms with E-state index in [1.807, 2.05) is 6.92 Å². The summed E-state index contributed by atoms with van der Waals surface area (Å²) in [6.07, 6.45) is 6.16. The SMILES string of the molecule is CCOCCc1nnnn1CC1(C(=O)O)CCCCCC1. The molecule has 0 spiro atoms. The number of aromatic nitrogens is 4. The van der Waals surface area contributed by atoms with Crippen LogP contribution in [0.4, 0.5) is 0 Å². The average molecular weight is 296 g/mol. The molecule has 1 fully saturated rings. The third-order valence-corrected chi connectivity index (χ3v) is 4.25. The summed E-state index contributed by atoms with van der Waals surface area (Å²) in [4.78, 5) is 11.8. The highest BCUT2D eigenvalue weighted by atomic mass is 16.5. The number of carboxylic acid groups (broad SMARTS) is 1. The zero-order valence-corrected chi connectivity index (χ0v) is 12.6. The van der Waals surface area contributed by atoms with Crippen LogP contribution < -0.4 is 0 Å². The lowest BCUT2D eigenvalue weighted by atomic mass is 9.80. The van der Waals surface area contributed by atoms with Gasteiger partial charge in [0.2, 0.25) is 0 Å². The van der Waals surface area contributed by atoms with Gasteiger partial charge in [0.05, 0.1) is 18.6 Å². The lowest BCUT2D eigenvalue weighted by molar-refractivity contribution is -0.151. The Bertz CT molecular complexity index is 453. The lowest BCUT2D eigenvalue weighted by Gasteiger charge is -2.27. The van der Waals surface area contributed by atoms with Crippen molar-refractivity contribution in [1.29, 1.82) is 0 Å². The van der Waals surface area contributed by atoms with E-state index in [0.29, 0.717) is 44.8 Å². The van der Waals surface area contributed by atoms with Crippen LogP contribution in [0.1, 0.15) is 51.3 Å². The highest BCUT2D eigenvalue weighted by Gasteiger charge is 2.40. The lowest BCUT2D eigenvalue weighted by Crippen LogP contribution is -2.36. The molecule has 1 aliphatic carbocycles. The van der Waals surface area contributed by atoms with Gasteiger partial charge in [-0.3, -0.25) is 4.79 Å². The van der Waals surface area contributed by atoms with Crippen molar-refractivity contribution in [1.82, 2.24) is 20.2 Å². The number of aliphatic carboxylic acids is 1. The Morgan fingerprint density at radius 3 is 2.67 bits per heavy atom. The minimum Gasteiger partial charge on any atom is -0.481 e. The standard InChI is InChI=1S/C14H24N4O3/c1-2-21-10-7-12-15-16-17-18(12)11-14(13(19)20)8-5-3-4-6-9-14/h2-11H2,1H3,(H,19,20). The van der Waals surface area contributed by atoms with Gasteiger partial charge in [-0.1, -0.05) is 25.7 Å². The van der Waals surface area contributed by atoms with Gasteiger partial charge in [-0.05, 0) is 30.2 Å². The molecule has 118 valence electrons. The van der Waals surface area contributed by atoms with Crippen LogP contribution in [0.15, 0.2) is 0 Å². The summed E-state index contributed by atoms with van der Waals surface area (Å²) in [6.45, 7) is 3.50. The third kappa shape index (κ3) is 4.00. The second-order valence-corrected chi connectivity index (χ2v) is 5.70. The summed E-state index contributed by atoms with van der Waals surface area (Å²) in [5.41, 5.74) is -0.730. The maximum Gasteiger partial charge on any atom is 0.311 e. The van der Waals surface area contributed by atoms with Crippen LogP contribution in [0.3, 0.4) is 0 Å². The summed E-state index contributed by atoms with van der Waals surface area (Å²) in [6, 6.07) is 0. The fourth-order valence-corrected chi connectivity index (χ4v) is 2.96. The highest BCUT2D eigenvalue weighted by molar-refractivity contribution is 5.74. The Labute approximate surface area is 124 Å². The smallest absolute Gasteiger partial charge is 0.311 e. The van der Waals surface area contributed by atoms with Crippen LogP contribution >= 0.6 is 0 Å². The summed E-state index contributed by atoms with van der Waals surface area (Å²) >= 11 is 0. The van der Waals surface area contributed by atoms with Crippen molar-refractivity contribution in [3.05, 3.63) is 5.82 Å². The van der Waals surface area contributed by atoms with Gasteiger partial charge in [0.25, 0.3) is 0 Å².